The molecule has 0 aliphatic rings. The lowest BCUT2D eigenvalue weighted by Gasteiger charge is -2.06. The van der Waals surface area contributed by atoms with Gasteiger partial charge < -0.3 is 14.0 Å². The van der Waals surface area contributed by atoms with Crippen molar-refractivity contribution in [3.8, 4) is 22.1 Å². The van der Waals surface area contributed by atoms with Crippen molar-refractivity contribution in [1.29, 1.82) is 0 Å². The largest absolute Gasteiger partial charge is 0.493 e. The van der Waals surface area contributed by atoms with Crippen LogP contribution in [-0.2, 0) is 0 Å². The number of ether oxygens (including phenoxy) is 2. The normalized spacial score (nSPS) is 10.8. The van der Waals surface area contributed by atoms with Crippen LogP contribution in [0.4, 0.5) is 0 Å². The minimum atomic E-state index is 0.638. The molecule has 0 aliphatic heterocycles. The number of rotatable bonds is 3. The third kappa shape index (κ3) is 1.64. The first-order chi connectivity index (χ1) is 8.83. The standard InChI is InChI=1S/C13H11NO3S/c1-15-10-6-8-9(7-11(10)16-2)17-14-13(8)12-4-3-5-18-12/h3-7H,1-2H3. The molecule has 0 aliphatic carbocycles. The molecule has 1 aromatic carbocycles. The van der Waals surface area contributed by atoms with Crippen molar-refractivity contribution in [2.75, 3.05) is 14.2 Å². The molecule has 92 valence electrons. The minimum absolute atomic E-state index is 0.638. The third-order valence-corrected chi connectivity index (χ3v) is 3.61. The Morgan fingerprint density at radius 3 is 2.61 bits per heavy atom. The second kappa shape index (κ2) is 4.34. The fraction of sp³-hybridized carbons (Fsp3) is 0.154. The van der Waals surface area contributed by atoms with E-state index in [1.165, 1.54) is 0 Å². The van der Waals surface area contributed by atoms with Gasteiger partial charge in [-0.25, -0.2) is 0 Å². The number of thiophene rings is 1. The van der Waals surface area contributed by atoms with Crippen molar-refractivity contribution in [2.24, 2.45) is 0 Å². The van der Waals surface area contributed by atoms with E-state index in [0.717, 1.165) is 16.0 Å². The SMILES string of the molecule is COc1cc2onc(-c3cccs3)c2cc1OC. The molecule has 0 bridgehead atoms. The molecule has 4 nitrogen and oxygen atoms in total. The van der Waals surface area contributed by atoms with E-state index >= 15 is 0 Å². The summed E-state index contributed by atoms with van der Waals surface area (Å²) in [6, 6.07) is 7.68. The molecule has 0 saturated heterocycles. The van der Waals surface area contributed by atoms with Crippen LogP contribution in [0.25, 0.3) is 21.5 Å². The molecule has 5 heteroatoms. The molecule has 0 radical (unpaired) electrons. The van der Waals surface area contributed by atoms with E-state index in [1.54, 1.807) is 31.6 Å². The van der Waals surface area contributed by atoms with Crippen LogP contribution in [0, 0.1) is 0 Å². The van der Waals surface area contributed by atoms with Crippen molar-refractivity contribution in [3.05, 3.63) is 29.6 Å². The summed E-state index contributed by atoms with van der Waals surface area (Å²) in [5.41, 5.74) is 1.53. The Labute approximate surface area is 108 Å². The Kier molecular flexibility index (Phi) is 2.68. The number of methoxy groups -OCH3 is 2. The first kappa shape index (κ1) is 11.1. The highest BCUT2D eigenvalue weighted by Gasteiger charge is 2.15. The summed E-state index contributed by atoms with van der Waals surface area (Å²) >= 11 is 1.62. The van der Waals surface area contributed by atoms with Gasteiger partial charge in [0.15, 0.2) is 17.1 Å². The second-order valence-electron chi connectivity index (χ2n) is 3.71. The maximum atomic E-state index is 5.34. The lowest BCUT2D eigenvalue weighted by atomic mass is 10.1. The maximum Gasteiger partial charge on any atom is 0.171 e. The van der Waals surface area contributed by atoms with E-state index in [4.69, 9.17) is 14.0 Å². The van der Waals surface area contributed by atoms with Crippen LogP contribution in [0.5, 0.6) is 11.5 Å². The van der Waals surface area contributed by atoms with Crippen molar-refractivity contribution in [3.63, 3.8) is 0 Å². The molecule has 2 aromatic heterocycles. The lowest BCUT2D eigenvalue weighted by molar-refractivity contribution is 0.354. The van der Waals surface area contributed by atoms with Gasteiger partial charge in [0.25, 0.3) is 0 Å². The number of hydrogen-bond donors (Lipinski definition) is 0. The number of nitrogens with zero attached hydrogens (tertiary/aromatic N) is 1. The fourth-order valence-corrected chi connectivity index (χ4v) is 2.58. The molecule has 0 saturated carbocycles. The van der Waals surface area contributed by atoms with Gasteiger partial charge in [0.05, 0.1) is 24.5 Å². The van der Waals surface area contributed by atoms with Crippen molar-refractivity contribution >= 4 is 22.3 Å². The summed E-state index contributed by atoms with van der Waals surface area (Å²) in [4.78, 5) is 1.07. The van der Waals surface area contributed by atoms with Crippen LogP contribution in [-0.4, -0.2) is 19.4 Å². The van der Waals surface area contributed by atoms with Gasteiger partial charge in [0.1, 0.15) is 5.69 Å². The molecule has 0 atom stereocenters. The van der Waals surface area contributed by atoms with E-state index < -0.39 is 0 Å². The number of fused-ring (bicyclic) bond motifs is 1. The highest BCUT2D eigenvalue weighted by Crippen LogP contribution is 2.37. The second-order valence-corrected chi connectivity index (χ2v) is 4.66. The minimum Gasteiger partial charge on any atom is -0.493 e. The van der Waals surface area contributed by atoms with Gasteiger partial charge in [-0.05, 0) is 17.5 Å². The van der Waals surface area contributed by atoms with Gasteiger partial charge in [0.2, 0.25) is 0 Å². The summed E-state index contributed by atoms with van der Waals surface area (Å²) in [6.07, 6.45) is 0. The molecule has 18 heavy (non-hydrogen) atoms. The summed E-state index contributed by atoms with van der Waals surface area (Å²) in [6.45, 7) is 0. The Bertz CT molecular complexity index is 673. The van der Waals surface area contributed by atoms with Gasteiger partial charge in [-0.2, -0.15) is 0 Å². The Hall–Kier alpha value is -2.01. The Balaban J connectivity index is 2.25. The summed E-state index contributed by atoms with van der Waals surface area (Å²) < 4.78 is 15.9. The van der Waals surface area contributed by atoms with Gasteiger partial charge >= 0.3 is 0 Å². The summed E-state index contributed by atoms with van der Waals surface area (Å²) in [7, 11) is 3.21. The number of aromatic nitrogens is 1. The van der Waals surface area contributed by atoms with Crippen LogP contribution in [0.1, 0.15) is 0 Å². The Morgan fingerprint density at radius 2 is 1.94 bits per heavy atom. The molecule has 0 N–H and O–H groups in total. The topological polar surface area (TPSA) is 44.5 Å². The van der Waals surface area contributed by atoms with Crippen LogP contribution < -0.4 is 9.47 Å². The first-order valence-electron chi connectivity index (χ1n) is 5.38. The molecule has 2 heterocycles. The summed E-state index contributed by atoms with van der Waals surface area (Å²) in [5, 5.41) is 7.05. The van der Waals surface area contributed by atoms with E-state index in [-0.39, 0.29) is 0 Å². The van der Waals surface area contributed by atoms with E-state index in [0.29, 0.717) is 17.1 Å². The quantitative estimate of drug-likeness (QED) is 0.723. The highest BCUT2D eigenvalue weighted by molar-refractivity contribution is 7.13. The van der Waals surface area contributed by atoms with Crippen molar-refractivity contribution in [1.82, 2.24) is 5.16 Å². The van der Waals surface area contributed by atoms with Crippen LogP contribution in [0.2, 0.25) is 0 Å². The average Bonchev–Trinajstić information content (AvgIpc) is 3.05. The highest BCUT2D eigenvalue weighted by atomic mass is 32.1. The molecule has 0 spiro atoms. The Morgan fingerprint density at radius 1 is 1.17 bits per heavy atom. The maximum absolute atomic E-state index is 5.34. The number of hydrogen-bond acceptors (Lipinski definition) is 5. The average molecular weight is 261 g/mol. The van der Waals surface area contributed by atoms with Gasteiger partial charge in [0, 0.05) is 6.07 Å². The van der Waals surface area contributed by atoms with Gasteiger partial charge in [-0.1, -0.05) is 11.2 Å². The predicted molar refractivity (Wildman–Crippen MR) is 70.4 cm³/mol. The van der Waals surface area contributed by atoms with Gasteiger partial charge in [-0.15, -0.1) is 11.3 Å². The zero-order valence-electron chi connectivity index (χ0n) is 9.97. The molecular formula is C13H11NO3S. The van der Waals surface area contributed by atoms with E-state index in [9.17, 15) is 0 Å². The van der Waals surface area contributed by atoms with Gasteiger partial charge in [-0.3, -0.25) is 0 Å². The van der Waals surface area contributed by atoms with Crippen LogP contribution in [0.3, 0.4) is 0 Å². The van der Waals surface area contributed by atoms with E-state index in [1.807, 2.05) is 23.6 Å². The monoisotopic (exact) mass is 261 g/mol. The van der Waals surface area contributed by atoms with E-state index in [2.05, 4.69) is 5.16 Å². The smallest absolute Gasteiger partial charge is 0.171 e. The van der Waals surface area contributed by atoms with Crippen LogP contribution >= 0.6 is 11.3 Å². The third-order valence-electron chi connectivity index (χ3n) is 2.73. The number of benzene rings is 1. The molecule has 0 amide bonds. The molecular weight excluding hydrogens is 250 g/mol. The fourth-order valence-electron chi connectivity index (χ4n) is 1.86. The van der Waals surface area contributed by atoms with Crippen molar-refractivity contribution < 1.29 is 14.0 Å². The molecule has 3 aromatic rings. The lowest BCUT2D eigenvalue weighted by Crippen LogP contribution is -1.89. The van der Waals surface area contributed by atoms with Crippen molar-refractivity contribution in [2.45, 2.75) is 0 Å². The first-order valence-corrected chi connectivity index (χ1v) is 6.26. The molecule has 3 rings (SSSR count). The van der Waals surface area contributed by atoms with Crippen LogP contribution in [0.15, 0.2) is 34.2 Å². The molecule has 0 fully saturated rings. The predicted octanol–water partition coefficient (Wildman–Crippen LogP) is 3.57. The molecule has 0 unspecified atom stereocenters. The zero-order chi connectivity index (χ0) is 12.5. The zero-order valence-corrected chi connectivity index (χ0v) is 10.8. The summed E-state index contributed by atoms with van der Waals surface area (Å²) in [5.74, 6) is 1.31.